The third-order valence-electron chi connectivity index (χ3n) is 0.504. The van der Waals surface area contributed by atoms with Gasteiger partial charge < -0.3 is 11.5 Å². The summed E-state index contributed by atoms with van der Waals surface area (Å²) < 4.78 is 4.16. The predicted molar refractivity (Wildman–Crippen MR) is 26.3 cm³/mol. The Balaban J connectivity index is 2.61. The molecule has 0 atom stereocenters. The van der Waals surface area contributed by atoms with E-state index in [4.69, 9.17) is 11.5 Å². The molecule has 0 radical (unpaired) electrons. The summed E-state index contributed by atoms with van der Waals surface area (Å²) in [5.41, 5.74) is 9.91. The van der Waals surface area contributed by atoms with Crippen molar-refractivity contribution >= 4 is 11.9 Å². The van der Waals surface area contributed by atoms with E-state index in [1.807, 2.05) is 0 Å². The average molecular weight is 115 g/mol. The monoisotopic (exact) mass is 115 g/mol. The van der Waals surface area contributed by atoms with Crippen molar-refractivity contribution in [3.8, 4) is 0 Å². The van der Waals surface area contributed by atoms with Crippen molar-refractivity contribution in [1.82, 2.24) is 10.3 Å². The summed E-state index contributed by atoms with van der Waals surface area (Å²) >= 11 is 0. The summed E-state index contributed by atoms with van der Waals surface area (Å²) in [5.74, 6) is 0.254. The van der Waals surface area contributed by atoms with Crippen LogP contribution in [0.2, 0.25) is 0 Å². The minimum absolute atomic E-state index is 0.0421. The Morgan fingerprint density at radius 2 is 2.38 bits per heavy atom. The molecule has 0 spiro atoms. The molecule has 6 nitrogen and oxygen atoms in total. The highest BCUT2D eigenvalue weighted by molar-refractivity contribution is 5.77. The number of nitrogens with one attached hydrogen (secondary N) is 1. The van der Waals surface area contributed by atoms with E-state index < -0.39 is 0 Å². The topological polar surface area (TPSA) is 106 Å². The largest absolute Gasteiger partial charge is 0.370 e. The van der Waals surface area contributed by atoms with Crippen LogP contribution in [0, 0.1) is 0 Å². The van der Waals surface area contributed by atoms with Gasteiger partial charge >= 0.3 is 5.95 Å². The molecule has 1 rings (SSSR count). The lowest BCUT2D eigenvalue weighted by atomic mass is 11.0. The van der Waals surface area contributed by atoms with Crippen LogP contribution in [0.25, 0.3) is 0 Å². The molecule has 0 aliphatic rings. The summed E-state index contributed by atoms with van der Waals surface area (Å²) in [7, 11) is 0. The van der Waals surface area contributed by atoms with E-state index in [0.29, 0.717) is 5.95 Å². The van der Waals surface area contributed by atoms with Crippen LogP contribution >= 0.6 is 0 Å². The molecular formula is C2H5N5O. The molecule has 1 aromatic rings. The summed E-state index contributed by atoms with van der Waals surface area (Å²) in [5, 5.41) is 5.55. The number of aromatic amines is 1. The van der Waals surface area contributed by atoms with Crippen molar-refractivity contribution in [2.45, 2.75) is 0 Å². The minimum Gasteiger partial charge on any atom is -0.370 e. The van der Waals surface area contributed by atoms with E-state index >= 15 is 0 Å². The van der Waals surface area contributed by atoms with Gasteiger partial charge in [0.15, 0.2) is 5.96 Å². The van der Waals surface area contributed by atoms with Crippen LogP contribution in [0.3, 0.4) is 0 Å². The smallest absolute Gasteiger partial charge is 0.301 e. The van der Waals surface area contributed by atoms with Gasteiger partial charge in [0.2, 0.25) is 0 Å². The number of nitrogens with zero attached hydrogens (tertiary/aromatic N) is 2. The van der Waals surface area contributed by atoms with Gasteiger partial charge in [0, 0.05) is 0 Å². The fourth-order valence-electron chi connectivity index (χ4n) is 0.252. The van der Waals surface area contributed by atoms with Crippen LogP contribution in [0.15, 0.2) is 9.62 Å². The zero-order valence-corrected chi connectivity index (χ0v) is 3.96. The van der Waals surface area contributed by atoms with Crippen molar-refractivity contribution in [3.63, 3.8) is 0 Å². The lowest BCUT2D eigenvalue weighted by molar-refractivity contribution is 0.233. The number of hydrogen-bond acceptors (Lipinski definition) is 3. The quantitative estimate of drug-likeness (QED) is 0.319. The van der Waals surface area contributed by atoms with Crippen LogP contribution in [-0.2, 0) is 0 Å². The Hall–Kier alpha value is -1.46. The van der Waals surface area contributed by atoms with Crippen LogP contribution in [0.5, 0.6) is 0 Å². The van der Waals surface area contributed by atoms with Gasteiger partial charge in [-0.2, -0.15) is 10.1 Å². The first-order valence-corrected chi connectivity index (χ1v) is 1.88. The molecule has 6 heteroatoms. The Kier molecular flexibility index (Phi) is 0.918. The van der Waals surface area contributed by atoms with Crippen molar-refractivity contribution in [1.29, 1.82) is 0 Å². The molecule has 0 unspecified atom stereocenters. The number of guanidine groups is 1. The van der Waals surface area contributed by atoms with E-state index in [9.17, 15) is 0 Å². The van der Waals surface area contributed by atoms with Crippen LogP contribution in [0.1, 0.15) is 0 Å². The Morgan fingerprint density at radius 3 is 2.50 bits per heavy atom. The number of rotatable bonds is 1. The second-order valence-electron chi connectivity index (χ2n) is 1.14. The van der Waals surface area contributed by atoms with E-state index in [2.05, 4.69) is 19.9 Å². The van der Waals surface area contributed by atoms with Gasteiger partial charge in [-0.25, -0.2) is 0 Å². The van der Waals surface area contributed by atoms with Gasteiger partial charge in [-0.05, 0) is 5.16 Å². The molecule has 0 saturated carbocycles. The van der Waals surface area contributed by atoms with Crippen LogP contribution in [0.4, 0.5) is 5.95 Å². The second kappa shape index (κ2) is 1.57. The third kappa shape index (κ3) is 0.780. The molecule has 44 valence electrons. The van der Waals surface area contributed by atoms with Gasteiger partial charge in [-0.1, -0.05) is 0 Å². The molecule has 5 N–H and O–H groups in total. The maximum atomic E-state index is 4.95. The van der Waals surface area contributed by atoms with E-state index in [-0.39, 0.29) is 5.96 Å². The summed E-state index contributed by atoms with van der Waals surface area (Å²) in [6, 6.07) is 0. The lowest BCUT2D eigenvalue weighted by Gasteiger charge is -1.91. The summed E-state index contributed by atoms with van der Waals surface area (Å²) in [4.78, 5) is 3.47. The van der Waals surface area contributed by atoms with E-state index in [1.54, 1.807) is 0 Å². The van der Waals surface area contributed by atoms with Gasteiger partial charge in [0.05, 0.1) is 0 Å². The van der Waals surface area contributed by atoms with Gasteiger partial charge in [-0.15, -0.1) is 0 Å². The molecule has 1 aromatic heterocycles. The standard InChI is InChI=1S/C2H5N5O/c3-1(4)5-2-6-8-7-2/h(H5,3,4,5,6,7). The van der Waals surface area contributed by atoms with Gasteiger partial charge in [0.1, 0.15) is 0 Å². The third-order valence-corrected chi connectivity index (χ3v) is 0.504. The molecule has 0 bridgehead atoms. The van der Waals surface area contributed by atoms with Crippen LogP contribution in [-0.4, -0.2) is 16.3 Å². The molecule has 0 fully saturated rings. The first-order valence-electron chi connectivity index (χ1n) is 1.88. The highest BCUT2D eigenvalue weighted by Crippen LogP contribution is 1.98. The first kappa shape index (κ1) is 4.69. The second-order valence-corrected chi connectivity index (χ2v) is 1.14. The van der Waals surface area contributed by atoms with E-state index in [0.717, 1.165) is 0 Å². The molecule has 0 aliphatic heterocycles. The number of hydrogen-bond donors (Lipinski definition) is 3. The number of nitrogens with two attached hydrogens (primary N) is 2. The summed E-state index contributed by atoms with van der Waals surface area (Å²) in [6.45, 7) is 0. The Labute approximate surface area is 44.5 Å². The van der Waals surface area contributed by atoms with E-state index in [1.165, 1.54) is 0 Å². The maximum Gasteiger partial charge on any atom is 0.301 e. The molecule has 1 heterocycles. The lowest BCUT2D eigenvalue weighted by Crippen LogP contribution is -2.22. The highest BCUT2D eigenvalue weighted by atomic mass is 16.6. The zero-order valence-electron chi connectivity index (χ0n) is 3.96. The maximum absolute atomic E-state index is 4.95. The zero-order chi connectivity index (χ0) is 5.98. The van der Waals surface area contributed by atoms with Crippen molar-refractivity contribution in [2.24, 2.45) is 16.5 Å². The average Bonchev–Trinajstić information content (AvgIpc) is 1.55. The van der Waals surface area contributed by atoms with Crippen molar-refractivity contribution < 1.29 is 4.63 Å². The Morgan fingerprint density at radius 1 is 1.75 bits per heavy atom. The molecular weight excluding hydrogens is 110 g/mol. The van der Waals surface area contributed by atoms with Gasteiger partial charge in [0.25, 0.3) is 0 Å². The number of H-pyrrole nitrogens is 1. The van der Waals surface area contributed by atoms with Gasteiger partial charge in [-0.3, -0.25) is 4.63 Å². The molecule has 0 amide bonds. The molecule has 0 aromatic carbocycles. The highest BCUT2D eigenvalue weighted by Gasteiger charge is 1.92. The fraction of sp³-hybridized carbons (Fsp3) is 0. The van der Waals surface area contributed by atoms with Crippen LogP contribution < -0.4 is 11.5 Å². The Bertz CT molecular complexity index is 172. The SMILES string of the molecule is NC(N)=Nc1no[nH]1. The normalized spacial score (nSPS) is 9.00. The predicted octanol–water partition coefficient (Wildman–Crippen LogP) is -1.09. The molecule has 0 aliphatic carbocycles. The molecule has 0 saturated heterocycles. The number of aromatic nitrogens is 2. The van der Waals surface area contributed by atoms with Crippen molar-refractivity contribution in [2.75, 3.05) is 0 Å². The minimum atomic E-state index is -0.0421. The first-order chi connectivity index (χ1) is 3.79. The molecule has 8 heavy (non-hydrogen) atoms. The number of aliphatic imine (C=N–C) groups is 1. The fourth-order valence-corrected chi connectivity index (χ4v) is 0.252. The summed E-state index contributed by atoms with van der Waals surface area (Å²) in [6.07, 6.45) is 0. The van der Waals surface area contributed by atoms with Crippen molar-refractivity contribution in [3.05, 3.63) is 0 Å².